The highest BCUT2D eigenvalue weighted by atomic mass is 16.2. The first-order valence-electron chi connectivity index (χ1n) is 8.41. The molecule has 1 unspecified atom stereocenters. The van der Waals surface area contributed by atoms with Crippen molar-refractivity contribution in [2.24, 2.45) is 5.41 Å². The molecular weight excluding hydrogens is 260 g/mol. The van der Waals surface area contributed by atoms with E-state index >= 15 is 0 Å². The third kappa shape index (κ3) is 1.94. The number of carbonyl (C=O) groups is 1. The lowest BCUT2D eigenvalue weighted by atomic mass is 9.65. The third-order valence-corrected chi connectivity index (χ3v) is 5.78. The van der Waals surface area contributed by atoms with Gasteiger partial charge in [-0.25, -0.2) is 0 Å². The second-order valence-electron chi connectivity index (χ2n) is 6.87. The summed E-state index contributed by atoms with van der Waals surface area (Å²) in [5.74, 6) is 0.445. The first-order chi connectivity index (χ1) is 10.3. The zero-order valence-electron chi connectivity index (χ0n) is 12.6. The number of hydrogen-bond donors (Lipinski definition) is 1. The van der Waals surface area contributed by atoms with Crippen molar-refractivity contribution < 1.29 is 4.79 Å². The molecular formula is C18H24N2O. The summed E-state index contributed by atoms with van der Waals surface area (Å²) in [6.07, 6.45) is 6.82. The average Bonchev–Trinajstić information content (AvgIpc) is 3.06. The van der Waals surface area contributed by atoms with E-state index in [-0.39, 0.29) is 5.41 Å². The number of hydrogen-bond acceptors (Lipinski definition) is 2. The lowest BCUT2D eigenvalue weighted by molar-refractivity contribution is -0.180. The zero-order valence-corrected chi connectivity index (χ0v) is 12.6. The fourth-order valence-corrected chi connectivity index (χ4v) is 4.76. The molecule has 1 atom stereocenters. The SMILES string of the molecule is O=C1N(C2CCNCC2)C(c2ccccc2)C12CCCC2. The summed E-state index contributed by atoms with van der Waals surface area (Å²) in [6.45, 7) is 2.09. The van der Waals surface area contributed by atoms with Gasteiger partial charge < -0.3 is 10.2 Å². The molecule has 112 valence electrons. The van der Waals surface area contributed by atoms with E-state index in [1.54, 1.807) is 0 Å². The Morgan fingerprint density at radius 2 is 1.71 bits per heavy atom. The van der Waals surface area contributed by atoms with Gasteiger partial charge in [0, 0.05) is 6.04 Å². The number of rotatable bonds is 2. The summed E-state index contributed by atoms with van der Waals surface area (Å²) in [7, 11) is 0. The van der Waals surface area contributed by atoms with Crippen LogP contribution >= 0.6 is 0 Å². The number of β-lactam (4-membered cyclic amide) rings is 1. The van der Waals surface area contributed by atoms with Gasteiger partial charge in [0.1, 0.15) is 0 Å². The monoisotopic (exact) mass is 284 g/mol. The number of benzene rings is 1. The highest BCUT2D eigenvalue weighted by molar-refractivity contribution is 5.91. The van der Waals surface area contributed by atoms with E-state index in [4.69, 9.17) is 0 Å². The molecule has 3 nitrogen and oxygen atoms in total. The predicted octanol–water partition coefficient (Wildman–Crippen LogP) is 2.88. The molecule has 2 aliphatic heterocycles. The Morgan fingerprint density at radius 1 is 1.05 bits per heavy atom. The van der Waals surface area contributed by atoms with E-state index in [1.165, 1.54) is 18.4 Å². The third-order valence-electron chi connectivity index (χ3n) is 5.78. The first-order valence-corrected chi connectivity index (χ1v) is 8.41. The number of carbonyl (C=O) groups excluding carboxylic acids is 1. The van der Waals surface area contributed by atoms with E-state index in [0.29, 0.717) is 18.0 Å². The number of piperidine rings is 1. The molecule has 1 aromatic rings. The van der Waals surface area contributed by atoms with E-state index in [9.17, 15) is 4.79 Å². The largest absolute Gasteiger partial charge is 0.331 e. The van der Waals surface area contributed by atoms with Crippen LogP contribution in [0.4, 0.5) is 0 Å². The molecule has 4 rings (SSSR count). The van der Waals surface area contributed by atoms with Gasteiger partial charge in [0.25, 0.3) is 0 Å². The van der Waals surface area contributed by atoms with Crippen LogP contribution in [0.1, 0.15) is 50.1 Å². The minimum Gasteiger partial charge on any atom is -0.331 e. The quantitative estimate of drug-likeness (QED) is 0.847. The Morgan fingerprint density at radius 3 is 2.38 bits per heavy atom. The molecule has 1 aliphatic carbocycles. The fourth-order valence-electron chi connectivity index (χ4n) is 4.76. The molecule has 2 saturated heterocycles. The normalized spacial score (nSPS) is 28.9. The molecule has 2 heterocycles. The van der Waals surface area contributed by atoms with Crippen LogP contribution in [0.2, 0.25) is 0 Å². The van der Waals surface area contributed by atoms with Crippen LogP contribution in [0.15, 0.2) is 30.3 Å². The van der Waals surface area contributed by atoms with Crippen molar-refractivity contribution in [3.05, 3.63) is 35.9 Å². The van der Waals surface area contributed by atoms with Crippen molar-refractivity contribution in [1.82, 2.24) is 10.2 Å². The molecule has 1 amide bonds. The van der Waals surface area contributed by atoms with Crippen molar-refractivity contribution in [1.29, 1.82) is 0 Å². The summed E-state index contributed by atoms with van der Waals surface area (Å²) in [6, 6.07) is 11.5. The van der Waals surface area contributed by atoms with Gasteiger partial charge in [-0.2, -0.15) is 0 Å². The smallest absolute Gasteiger partial charge is 0.232 e. The van der Waals surface area contributed by atoms with Gasteiger partial charge >= 0.3 is 0 Å². The lowest BCUT2D eigenvalue weighted by Crippen LogP contribution is -2.66. The van der Waals surface area contributed by atoms with Crippen LogP contribution in [0.25, 0.3) is 0 Å². The summed E-state index contributed by atoms with van der Waals surface area (Å²) in [5, 5.41) is 3.41. The number of nitrogens with zero attached hydrogens (tertiary/aromatic N) is 1. The predicted molar refractivity (Wildman–Crippen MR) is 82.8 cm³/mol. The maximum atomic E-state index is 13.0. The Kier molecular flexibility index (Phi) is 3.26. The number of likely N-dealkylation sites (tertiary alicyclic amines) is 1. The Hall–Kier alpha value is -1.35. The zero-order chi connectivity index (χ0) is 14.3. The maximum absolute atomic E-state index is 13.0. The molecule has 1 N–H and O–H groups in total. The van der Waals surface area contributed by atoms with Crippen LogP contribution in [0, 0.1) is 5.41 Å². The molecule has 0 radical (unpaired) electrons. The second kappa shape index (κ2) is 5.13. The molecule has 3 heteroatoms. The minimum atomic E-state index is -0.0633. The van der Waals surface area contributed by atoms with Crippen LogP contribution in [0.5, 0.6) is 0 Å². The van der Waals surface area contributed by atoms with Crippen LogP contribution in [0.3, 0.4) is 0 Å². The van der Waals surface area contributed by atoms with Crippen molar-refractivity contribution in [2.45, 2.75) is 50.6 Å². The molecule has 1 aromatic carbocycles. The van der Waals surface area contributed by atoms with E-state index < -0.39 is 0 Å². The average molecular weight is 284 g/mol. The van der Waals surface area contributed by atoms with Gasteiger partial charge in [-0.3, -0.25) is 4.79 Å². The van der Waals surface area contributed by atoms with Crippen LogP contribution < -0.4 is 5.32 Å². The topological polar surface area (TPSA) is 32.3 Å². The minimum absolute atomic E-state index is 0.0633. The van der Waals surface area contributed by atoms with E-state index in [0.717, 1.165) is 38.8 Å². The van der Waals surface area contributed by atoms with Gasteiger partial charge in [0.2, 0.25) is 5.91 Å². The van der Waals surface area contributed by atoms with Gasteiger partial charge in [0.15, 0.2) is 0 Å². The van der Waals surface area contributed by atoms with Crippen molar-refractivity contribution in [3.63, 3.8) is 0 Å². The number of nitrogens with one attached hydrogen (secondary N) is 1. The first kappa shape index (κ1) is 13.3. The van der Waals surface area contributed by atoms with E-state index in [1.807, 2.05) is 0 Å². The molecule has 3 fully saturated rings. The molecule has 1 spiro atoms. The van der Waals surface area contributed by atoms with Crippen molar-refractivity contribution in [3.8, 4) is 0 Å². The molecule has 1 saturated carbocycles. The maximum Gasteiger partial charge on any atom is 0.232 e. The summed E-state index contributed by atoms with van der Waals surface area (Å²) < 4.78 is 0. The lowest BCUT2D eigenvalue weighted by Gasteiger charge is -2.58. The fraction of sp³-hybridized carbons (Fsp3) is 0.611. The Labute approximate surface area is 126 Å². The van der Waals surface area contributed by atoms with E-state index in [2.05, 4.69) is 40.5 Å². The standard InChI is InChI=1S/C18H24N2O/c21-17-18(10-4-5-11-18)16(14-6-2-1-3-7-14)20(17)15-8-12-19-13-9-15/h1-3,6-7,15-16,19H,4-5,8-13H2. The van der Waals surface area contributed by atoms with Gasteiger partial charge in [-0.1, -0.05) is 43.2 Å². The van der Waals surface area contributed by atoms with Crippen LogP contribution in [-0.4, -0.2) is 29.9 Å². The van der Waals surface area contributed by atoms with Crippen molar-refractivity contribution in [2.75, 3.05) is 13.1 Å². The van der Waals surface area contributed by atoms with Gasteiger partial charge in [-0.05, 0) is 44.3 Å². The molecule has 21 heavy (non-hydrogen) atoms. The van der Waals surface area contributed by atoms with Crippen LogP contribution in [-0.2, 0) is 4.79 Å². The molecule has 3 aliphatic rings. The second-order valence-corrected chi connectivity index (χ2v) is 6.87. The number of amides is 1. The van der Waals surface area contributed by atoms with Crippen molar-refractivity contribution >= 4 is 5.91 Å². The molecule has 0 bridgehead atoms. The summed E-state index contributed by atoms with van der Waals surface area (Å²) in [4.78, 5) is 15.2. The summed E-state index contributed by atoms with van der Waals surface area (Å²) >= 11 is 0. The Bertz CT molecular complexity index is 515. The summed E-state index contributed by atoms with van der Waals surface area (Å²) in [5.41, 5.74) is 1.28. The molecule has 0 aromatic heterocycles. The Balaban J connectivity index is 1.68. The highest BCUT2D eigenvalue weighted by Crippen LogP contribution is 2.60. The van der Waals surface area contributed by atoms with Gasteiger partial charge in [0.05, 0.1) is 11.5 Å². The van der Waals surface area contributed by atoms with Gasteiger partial charge in [-0.15, -0.1) is 0 Å². The highest BCUT2D eigenvalue weighted by Gasteiger charge is 2.62.